The summed E-state index contributed by atoms with van der Waals surface area (Å²) in [6.07, 6.45) is 3.81. The van der Waals surface area contributed by atoms with E-state index in [9.17, 15) is 0 Å². The van der Waals surface area contributed by atoms with Crippen LogP contribution in [0.1, 0.15) is 20.3 Å². The fraction of sp³-hybridized carbons (Fsp3) is 0.500. The van der Waals surface area contributed by atoms with Gasteiger partial charge in [-0.15, -0.1) is 0 Å². The molecule has 0 aromatic carbocycles. The maximum atomic E-state index is 6.52. The molecule has 0 aliphatic carbocycles. The normalized spacial score (nSPS) is 11.0. The lowest BCUT2D eigenvalue weighted by Gasteiger charge is -1.93. The van der Waals surface area contributed by atoms with Gasteiger partial charge in [-0.05, 0) is 19.4 Å². The van der Waals surface area contributed by atoms with Crippen molar-refractivity contribution >= 4 is 6.40 Å². The monoisotopic (exact) mass is 113 g/mol. The highest BCUT2D eigenvalue weighted by molar-refractivity contribution is 5.43. The smallest absolute Gasteiger partial charge is 0.173 e. The summed E-state index contributed by atoms with van der Waals surface area (Å²) in [6, 6.07) is 0. The van der Waals surface area contributed by atoms with E-state index in [1.165, 1.54) is 0 Å². The first kappa shape index (κ1) is 7.21. The van der Waals surface area contributed by atoms with Crippen molar-refractivity contribution in [2.24, 2.45) is 0 Å². The van der Waals surface area contributed by atoms with Gasteiger partial charge in [0, 0.05) is 0 Å². The summed E-state index contributed by atoms with van der Waals surface area (Å²) < 4.78 is 4.68. The molecule has 0 radical (unpaired) electrons. The third kappa shape index (κ3) is 3.40. The van der Waals surface area contributed by atoms with E-state index >= 15 is 0 Å². The van der Waals surface area contributed by atoms with E-state index in [1.54, 1.807) is 0 Å². The lowest BCUT2D eigenvalue weighted by atomic mass is 10.4. The first-order valence-electron chi connectivity index (χ1n) is 2.63. The molecule has 0 atom stereocenters. The Morgan fingerprint density at radius 2 is 2.38 bits per heavy atom. The predicted octanol–water partition coefficient (Wildman–Crippen LogP) is 1.92. The average molecular weight is 113 g/mol. The van der Waals surface area contributed by atoms with Crippen LogP contribution in [-0.2, 0) is 4.74 Å². The average Bonchev–Trinajstić information content (AvgIpc) is 1.68. The largest absolute Gasteiger partial charge is 0.451 e. The van der Waals surface area contributed by atoms with Gasteiger partial charge in [0.2, 0.25) is 0 Å². The lowest BCUT2D eigenvalue weighted by molar-refractivity contribution is 0.430. The maximum Gasteiger partial charge on any atom is 0.173 e. The zero-order chi connectivity index (χ0) is 6.41. The number of rotatable bonds is 3. The van der Waals surface area contributed by atoms with Crippen molar-refractivity contribution in [3.8, 4) is 0 Å². The first-order valence-corrected chi connectivity index (χ1v) is 2.63. The molecule has 0 amide bonds. The van der Waals surface area contributed by atoms with Crippen LogP contribution < -0.4 is 0 Å². The number of ether oxygens (including phenoxy) is 1. The Morgan fingerprint density at radius 1 is 1.75 bits per heavy atom. The van der Waals surface area contributed by atoms with Crippen molar-refractivity contribution in [1.29, 1.82) is 5.41 Å². The van der Waals surface area contributed by atoms with Gasteiger partial charge in [0.15, 0.2) is 6.40 Å². The van der Waals surface area contributed by atoms with Crippen LogP contribution in [0.5, 0.6) is 0 Å². The van der Waals surface area contributed by atoms with Gasteiger partial charge >= 0.3 is 0 Å². The second-order valence-corrected chi connectivity index (χ2v) is 1.46. The highest BCUT2D eigenvalue weighted by Gasteiger charge is 1.79. The minimum atomic E-state index is 0.794. The Balaban J connectivity index is 3.44. The first-order chi connectivity index (χ1) is 3.81. The highest BCUT2D eigenvalue weighted by Crippen LogP contribution is 1.93. The van der Waals surface area contributed by atoms with E-state index < -0.39 is 0 Å². The number of nitrogens with one attached hydrogen (secondary N) is 1. The van der Waals surface area contributed by atoms with Crippen LogP contribution >= 0.6 is 0 Å². The Hall–Kier alpha value is -0.790. The van der Waals surface area contributed by atoms with Crippen molar-refractivity contribution in [3.63, 3.8) is 0 Å². The quantitative estimate of drug-likeness (QED) is 0.338. The fourth-order valence-electron chi connectivity index (χ4n) is 0.429. The fourth-order valence-corrected chi connectivity index (χ4v) is 0.429. The van der Waals surface area contributed by atoms with E-state index in [4.69, 9.17) is 5.41 Å². The summed E-state index contributed by atoms with van der Waals surface area (Å²) in [7, 11) is 0. The Bertz CT molecular complexity index is 96.7. The second-order valence-electron chi connectivity index (χ2n) is 1.46. The molecule has 2 heteroatoms. The Labute approximate surface area is 49.7 Å². The predicted molar refractivity (Wildman–Crippen MR) is 33.9 cm³/mol. The zero-order valence-electron chi connectivity index (χ0n) is 5.27. The van der Waals surface area contributed by atoms with Gasteiger partial charge in [-0.2, -0.15) is 0 Å². The third-order valence-electron chi connectivity index (χ3n) is 0.736. The molecule has 0 saturated carbocycles. The van der Waals surface area contributed by atoms with Crippen LogP contribution in [0.15, 0.2) is 11.8 Å². The molecule has 0 bridgehead atoms. The molecule has 0 saturated heterocycles. The van der Waals surface area contributed by atoms with Crippen molar-refractivity contribution in [2.75, 3.05) is 0 Å². The molecule has 0 spiro atoms. The standard InChI is InChI=1S/C6H11NO/c1-3-4-6(2)8-5-7/h4-5,7H,3H2,1-2H3/b6-4-,7-5?. The van der Waals surface area contributed by atoms with Gasteiger partial charge in [-0.25, -0.2) is 0 Å². The van der Waals surface area contributed by atoms with Gasteiger partial charge < -0.3 is 4.74 Å². The molecule has 0 aliphatic rings. The SMILES string of the molecule is CC/C=C(/C)OC=N. The van der Waals surface area contributed by atoms with E-state index in [2.05, 4.69) is 4.74 Å². The lowest BCUT2D eigenvalue weighted by Crippen LogP contribution is -1.81. The Morgan fingerprint density at radius 3 is 2.75 bits per heavy atom. The third-order valence-corrected chi connectivity index (χ3v) is 0.736. The van der Waals surface area contributed by atoms with E-state index in [0.29, 0.717) is 0 Å². The minimum Gasteiger partial charge on any atom is -0.451 e. The van der Waals surface area contributed by atoms with E-state index in [0.717, 1.165) is 18.6 Å². The maximum absolute atomic E-state index is 6.52. The molecule has 0 heterocycles. The molecule has 0 rings (SSSR count). The van der Waals surface area contributed by atoms with Gasteiger partial charge in [0.25, 0.3) is 0 Å². The van der Waals surface area contributed by atoms with E-state index in [-0.39, 0.29) is 0 Å². The van der Waals surface area contributed by atoms with Crippen molar-refractivity contribution in [2.45, 2.75) is 20.3 Å². The van der Waals surface area contributed by atoms with Crippen LogP contribution in [-0.4, -0.2) is 6.40 Å². The summed E-state index contributed by atoms with van der Waals surface area (Å²) in [5.74, 6) is 0.794. The summed E-state index contributed by atoms with van der Waals surface area (Å²) in [4.78, 5) is 0. The van der Waals surface area contributed by atoms with Crippen molar-refractivity contribution < 1.29 is 4.74 Å². The van der Waals surface area contributed by atoms with Crippen molar-refractivity contribution in [3.05, 3.63) is 11.8 Å². The van der Waals surface area contributed by atoms with Crippen LogP contribution in [0.3, 0.4) is 0 Å². The van der Waals surface area contributed by atoms with E-state index in [1.807, 2.05) is 19.9 Å². The molecule has 0 aromatic rings. The minimum absolute atomic E-state index is 0.794. The molecular weight excluding hydrogens is 102 g/mol. The summed E-state index contributed by atoms with van der Waals surface area (Å²) >= 11 is 0. The van der Waals surface area contributed by atoms with Gasteiger partial charge in [0.1, 0.15) is 0 Å². The molecule has 2 nitrogen and oxygen atoms in total. The molecule has 46 valence electrons. The second kappa shape index (κ2) is 4.37. The molecule has 0 unspecified atom stereocenters. The van der Waals surface area contributed by atoms with Gasteiger partial charge in [0.05, 0.1) is 5.76 Å². The number of hydrogen-bond acceptors (Lipinski definition) is 2. The van der Waals surface area contributed by atoms with Gasteiger partial charge in [-0.3, -0.25) is 5.41 Å². The number of allylic oxidation sites excluding steroid dienone is 2. The van der Waals surface area contributed by atoms with Crippen LogP contribution in [0.25, 0.3) is 0 Å². The molecule has 0 aromatic heterocycles. The summed E-state index contributed by atoms with van der Waals surface area (Å²) in [5, 5.41) is 6.52. The zero-order valence-corrected chi connectivity index (χ0v) is 5.27. The van der Waals surface area contributed by atoms with Crippen molar-refractivity contribution in [1.82, 2.24) is 0 Å². The molecule has 0 fully saturated rings. The number of hydrogen-bond donors (Lipinski definition) is 1. The van der Waals surface area contributed by atoms with Crippen LogP contribution in [0, 0.1) is 5.41 Å². The topological polar surface area (TPSA) is 33.1 Å². The molecule has 8 heavy (non-hydrogen) atoms. The Kier molecular flexibility index (Phi) is 3.94. The molecule has 1 N–H and O–H groups in total. The summed E-state index contributed by atoms with van der Waals surface area (Å²) in [5.41, 5.74) is 0. The van der Waals surface area contributed by atoms with Gasteiger partial charge in [-0.1, -0.05) is 6.92 Å². The molecule has 0 aliphatic heterocycles. The molecular formula is C6H11NO. The van der Waals surface area contributed by atoms with Crippen LogP contribution in [0.2, 0.25) is 0 Å². The van der Waals surface area contributed by atoms with Crippen LogP contribution in [0.4, 0.5) is 0 Å². The summed E-state index contributed by atoms with van der Waals surface area (Å²) in [6.45, 7) is 3.85. The highest BCUT2D eigenvalue weighted by atomic mass is 16.5.